The Morgan fingerprint density at radius 1 is 1.19 bits per heavy atom. The van der Waals surface area contributed by atoms with Gasteiger partial charge in [-0.1, -0.05) is 52.3 Å². The molecule has 9 heteroatoms. The number of carboxylic acid groups (broad SMARTS) is 1. The monoisotopic (exact) mass is 586 g/mol. The molecule has 2 amide bonds. The summed E-state index contributed by atoms with van der Waals surface area (Å²) in [5.41, 5.74) is 0.721. The van der Waals surface area contributed by atoms with Crippen molar-refractivity contribution in [2.75, 3.05) is 24.6 Å². The van der Waals surface area contributed by atoms with Crippen molar-refractivity contribution in [1.82, 2.24) is 4.90 Å². The van der Waals surface area contributed by atoms with Gasteiger partial charge in [-0.15, -0.1) is 18.3 Å². The summed E-state index contributed by atoms with van der Waals surface area (Å²) in [6.45, 7) is 4.58. The van der Waals surface area contributed by atoms with Gasteiger partial charge in [0.15, 0.2) is 0 Å². The zero-order valence-corrected chi connectivity index (χ0v) is 22.9. The van der Waals surface area contributed by atoms with Gasteiger partial charge in [-0.25, -0.2) is 0 Å². The number of unbranched alkanes of at least 4 members (excludes halogenated alkanes) is 2. The molecule has 2 N–H and O–H groups in total. The molecule has 37 heavy (non-hydrogen) atoms. The van der Waals surface area contributed by atoms with Crippen molar-refractivity contribution in [3.8, 4) is 0 Å². The van der Waals surface area contributed by atoms with E-state index >= 15 is 0 Å². The van der Waals surface area contributed by atoms with Crippen LogP contribution in [0.2, 0.25) is 0 Å². The van der Waals surface area contributed by atoms with Crippen molar-refractivity contribution >= 4 is 61.9 Å². The number of halogens is 1. The first-order valence-corrected chi connectivity index (χ1v) is 14.5. The van der Waals surface area contributed by atoms with Crippen LogP contribution in [0.3, 0.4) is 0 Å². The van der Waals surface area contributed by atoms with Crippen molar-refractivity contribution in [2.45, 2.75) is 46.5 Å². The number of benzene rings is 2. The van der Waals surface area contributed by atoms with Gasteiger partial charge >= 0.3 is 5.97 Å². The summed E-state index contributed by atoms with van der Waals surface area (Å²) in [4.78, 5) is 43.9. The molecule has 3 heterocycles. The quantitative estimate of drug-likeness (QED) is 0.247. The third-order valence-corrected chi connectivity index (χ3v) is 11.2. The Morgan fingerprint density at radius 3 is 2.65 bits per heavy atom. The van der Waals surface area contributed by atoms with E-state index in [1.165, 1.54) is 11.8 Å². The number of rotatable bonds is 10. The largest absolute Gasteiger partial charge is 0.481 e. The van der Waals surface area contributed by atoms with Crippen LogP contribution in [0, 0.1) is 11.8 Å². The number of carbonyl (C=O) groups is 3. The molecule has 196 valence electrons. The van der Waals surface area contributed by atoms with Crippen LogP contribution in [-0.4, -0.2) is 73.5 Å². The third-order valence-electron chi connectivity index (χ3n) is 7.99. The Hall–Kier alpha value is -2.36. The van der Waals surface area contributed by atoms with Crippen LogP contribution in [0.15, 0.2) is 55.1 Å². The van der Waals surface area contributed by atoms with Gasteiger partial charge in [-0.3, -0.25) is 14.4 Å². The molecule has 7 nitrogen and oxygen atoms in total. The van der Waals surface area contributed by atoms with Crippen LogP contribution in [0.5, 0.6) is 0 Å². The number of anilines is 1. The number of amides is 2. The summed E-state index contributed by atoms with van der Waals surface area (Å²) in [5, 5.41) is 21.1. The van der Waals surface area contributed by atoms with E-state index in [0.717, 1.165) is 22.9 Å². The molecule has 6 atom stereocenters. The van der Waals surface area contributed by atoms with E-state index in [9.17, 15) is 24.6 Å². The number of alkyl halides is 1. The van der Waals surface area contributed by atoms with Gasteiger partial charge in [0.2, 0.25) is 5.91 Å². The highest BCUT2D eigenvalue weighted by atomic mass is 79.9. The molecular weight excluding hydrogens is 556 g/mol. The molecule has 0 aromatic heterocycles. The Morgan fingerprint density at radius 2 is 1.95 bits per heavy atom. The number of thioether (sulfide) groups is 1. The number of hydrogen-bond acceptors (Lipinski definition) is 5. The average molecular weight is 588 g/mol. The van der Waals surface area contributed by atoms with Gasteiger partial charge in [0, 0.05) is 35.5 Å². The maximum atomic E-state index is 14.5. The van der Waals surface area contributed by atoms with Crippen LogP contribution >= 0.6 is 27.7 Å². The van der Waals surface area contributed by atoms with E-state index in [2.05, 4.69) is 22.5 Å². The zero-order chi connectivity index (χ0) is 26.3. The fourth-order valence-corrected chi connectivity index (χ4v) is 10.0. The Labute approximate surface area is 229 Å². The van der Waals surface area contributed by atoms with Crippen LogP contribution in [-0.2, 0) is 14.4 Å². The number of nitrogens with zero attached hydrogens (tertiary/aromatic N) is 2. The minimum Gasteiger partial charge on any atom is -0.481 e. The summed E-state index contributed by atoms with van der Waals surface area (Å²) >= 11 is 5.19. The lowest BCUT2D eigenvalue weighted by Gasteiger charge is -2.37. The number of carboxylic acids is 1. The lowest BCUT2D eigenvalue weighted by molar-refractivity contribution is -0.148. The molecule has 3 unspecified atom stereocenters. The highest BCUT2D eigenvalue weighted by Gasteiger charge is 2.76. The van der Waals surface area contributed by atoms with Gasteiger partial charge in [-0.05, 0) is 48.6 Å². The molecule has 3 aliphatic rings. The Balaban J connectivity index is 1.56. The Bertz CT molecular complexity index is 1240. The van der Waals surface area contributed by atoms with Crippen LogP contribution in [0.4, 0.5) is 5.69 Å². The molecule has 3 fully saturated rings. The summed E-state index contributed by atoms with van der Waals surface area (Å²) < 4.78 is -0.802. The van der Waals surface area contributed by atoms with Gasteiger partial charge < -0.3 is 20.0 Å². The van der Waals surface area contributed by atoms with Gasteiger partial charge in [-0.2, -0.15) is 0 Å². The molecular formula is C28H31BrN2O5S. The van der Waals surface area contributed by atoms with E-state index in [-0.39, 0.29) is 35.0 Å². The minimum atomic E-state index is -0.979. The van der Waals surface area contributed by atoms with E-state index in [4.69, 9.17) is 0 Å². The molecule has 5 rings (SSSR count). The first-order valence-electron chi connectivity index (χ1n) is 12.7. The number of aliphatic hydroxyl groups is 1. The normalized spacial score (nSPS) is 30.1. The predicted octanol–water partition coefficient (Wildman–Crippen LogP) is 4.07. The summed E-state index contributed by atoms with van der Waals surface area (Å²) in [6.07, 6.45) is 4.22. The lowest BCUT2D eigenvalue weighted by atomic mass is 9.71. The fraction of sp³-hybridized carbons (Fsp3) is 0.464. The topological polar surface area (TPSA) is 98.2 Å². The highest BCUT2D eigenvalue weighted by Crippen LogP contribution is 2.67. The summed E-state index contributed by atoms with van der Waals surface area (Å²) in [7, 11) is 0. The summed E-state index contributed by atoms with van der Waals surface area (Å²) in [5.74, 6) is -2.98. The molecule has 0 radical (unpaired) electrons. The molecule has 2 aromatic carbocycles. The molecule has 2 bridgehead atoms. The number of hydrogen-bond donors (Lipinski definition) is 2. The second-order valence-electron chi connectivity index (χ2n) is 10.1. The average Bonchev–Trinajstić information content (AvgIpc) is 3.48. The summed E-state index contributed by atoms with van der Waals surface area (Å²) in [6, 6.07) is 13.0. The van der Waals surface area contributed by atoms with Crippen molar-refractivity contribution in [1.29, 1.82) is 0 Å². The molecule has 0 saturated carbocycles. The van der Waals surface area contributed by atoms with Crippen LogP contribution in [0.25, 0.3) is 10.8 Å². The number of carbonyl (C=O) groups excluding carboxylic acids is 2. The van der Waals surface area contributed by atoms with E-state index in [1.54, 1.807) is 15.9 Å². The van der Waals surface area contributed by atoms with E-state index in [0.29, 0.717) is 25.8 Å². The SMILES string of the molecule is C=CCN(C(=O)C1N(CCCCCO)C(=O)[C@@H]2[C@H](C(=O)O)[C@H]3SC12CC3Br)c1ccc2ccccc2c1. The van der Waals surface area contributed by atoms with E-state index < -0.39 is 28.6 Å². The van der Waals surface area contributed by atoms with Crippen molar-refractivity contribution in [2.24, 2.45) is 11.8 Å². The number of aliphatic hydroxyl groups excluding tert-OH is 1. The number of aliphatic carboxylic acids is 1. The van der Waals surface area contributed by atoms with Crippen molar-refractivity contribution in [3.63, 3.8) is 0 Å². The lowest BCUT2D eigenvalue weighted by Crippen LogP contribution is -2.55. The zero-order valence-electron chi connectivity index (χ0n) is 20.5. The first kappa shape index (κ1) is 26.3. The first-order chi connectivity index (χ1) is 17.8. The maximum Gasteiger partial charge on any atom is 0.308 e. The predicted molar refractivity (Wildman–Crippen MR) is 149 cm³/mol. The second-order valence-corrected chi connectivity index (χ2v) is 12.8. The smallest absolute Gasteiger partial charge is 0.308 e. The van der Waals surface area contributed by atoms with Crippen molar-refractivity contribution in [3.05, 3.63) is 55.1 Å². The van der Waals surface area contributed by atoms with Gasteiger partial charge in [0.25, 0.3) is 5.91 Å². The fourth-order valence-electron chi connectivity index (χ4n) is 6.45. The molecule has 3 aliphatic heterocycles. The minimum absolute atomic E-state index is 0.0713. The van der Waals surface area contributed by atoms with E-state index in [1.807, 2.05) is 42.5 Å². The standard InChI is InChI=1S/C28H31BrN2O5S/c1-2-12-30(19-11-10-17-8-4-5-9-18(17)15-19)26(34)24-28-16-20(29)23(37-28)21(27(35)36)22(28)25(33)31(24)13-6-3-7-14-32/h2,4-5,8-11,15,20-24,32H,1,3,6-7,12-14,16H2,(H,35,36)/t20?,21-,22-,23-,24?,28?/m0/s1. The van der Waals surface area contributed by atoms with Crippen LogP contribution < -0.4 is 4.90 Å². The molecule has 2 aromatic rings. The maximum absolute atomic E-state index is 14.5. The highest BCUT2D eigenvalue weighted by molar-refractivity contribution is 9.09. The van der Waals surface area contributed by atoms with Gasteiger partial charge in [0.05, 0.1) is 16.6 Å². The Kier molecular flexibility index (Phi) is 7.40. The number of likely N-dealkylation sites (tertiary alicyclic amines) is 1. The third kappa shape index (κ3) is 4.29. The number of fused-ring (bicyclic) bond motifs is 2. The second kappa shape index (κ2) is 10.4. The molecule has 1 spiro atoms. The van der Waals surface area contributed by atoms with Crippen molar-refractivity contribution < 1.29 is 24.6 Å². The van der Waals surface area contributed by atoms with Crippen LogP contribution in [0.1, 0.15) is 25.7 Å². The van der Waals surface area contributed by atoms with Gasteiger partial charge in [0.1, 0.15) is 6.04 Å². The molecule has 0 aliphatic carbocycles. The molecule has 3 saturated heterocycles.